The van der Waals surface area contributed by atoms with Crippen LogP contribution in [0.4, 0.5) is 0 Å². The van der Waals surface area contributed by atoms with Crippen molar-refractivity contribution in [3.8, 4) is 0 Å². The first kappa shape index (κ1) is 17.3. The van der Waals surface area contributed by atoms with E-state index in [-0.39, 0.29) is 10.8 Å². The Hall–Kier alpha value is -2.86. The molecule has 1 fully saturated rings. The molecule has 0 aromatic carbocycles. The second-order valence-corrected chi connectivity index (χ2v) is 8.98. The van der Waals surface area contributed by atoms with Crippen LogP contribution in [0.5, 0.6) is 0 Å². The fourth-order valence-electron chi connectivity index (χ4n) is 3.68. The van der Waals surface area contributed by atoms with Crippen molar-refractivity contribution in [3.63, 3.8) is 0 Å². The minimum atomic E-state index is -3.58. The second kappa shape index (κ2) is 6.07. The Bertz CT molecular complexity index is 1290. The van der Waals surface area contributed by atoms with Crippen LogP contribution in [0.1, 0.15) is 24.6 Å². The van der Waals surface area contributed by atoms with Gasteiger partial charge >= 0.3 is 0 Å². The fraction of sp³-hybridized carbons (Fsp3) is 0.438. The van der Waals surface area contributed by atoms with Crippen LogP contribution in [0.2, 0.25) is 0 Å². The van der Waals surface area contributed by atoms with E-state index in [1.807, 2.05) is 7.05 Å². The van der Waals surface area contributed by atoms with Gasteiger partial charge in [-0.1, -0.05) is 0 Å². The van der Waals surface area contributed by atoms with E-state index in [9.17, 15) is 8.42 Å². The Morgan fingerprint density at radius 1 is 1.14 bits per heavy atom. The van der Waals surface area contributed by atoms with Crippen molar-refractivity contribution < 1.29 is 8.42 Å². The van der Waals surface area contributed by atoms with Crippen LogP contribution in [0.15, 0.2) is 29.8 Å². The predicted molar refractivity (Wildman–Crippen MR) is 99.0 cm³/mol. The summed E-state index contributed by atoms with van der Waals surface area (Å²) in [5.74, 6) is 0.552. The van der Waals surface area contributed by atoms with Gasteiger partial charge in [-0.05, 0) is 12.8 Å². The van der Waals surface area contributed by atoms with E-state index >= 15 is 0 Å². The lowest BCUT2D eigenvalue weighted by Crippen LogP contribution is -2.39. The molecular weight excluding hydrogens is 382 g/mol. The van der Waals surface area contributed by atoms with Gasteiger partial charge in [0.2, 0.25) is 10.0 Å². The maximum atomic E-state index is 12.9. The largest absolute Gasteiger partial charge is 0.274 e. The molecule has 0 amide bonds. The fourth-order valence-corrected chi connectivity index (χ4v) is 5.19. The van der Waals surface area contributed by atoms with Crippen LogP contribution >= 0.6 is 0 Å². The van der Waals surface area contributed by atoms with Gasteiger partial charge in [0.05, 0.1) is 17.8 Å². The molecule has 0 aliphatic carbocycles. The SMILES string of the molecule is Cn1cc(S(=O)(=O)N2CCC[C@H](c3nc4c5cnn(C)c5ncn4n3)C2)cn1. The molecule has 5 rings (SSSR count). The van der Waals surface area contributed by atoms with Gasteiger partial charge in [-0.15, -0.1) is 5.10 Å². The summed E-state index contributed by atoms with van der Waals surface area (Å²) in [6.45, 7) is 0.827. The summed E-state index contributed by atoms with van der Waals surface area (Å²) in [6.07, 6.45) is 7.82. The number of fused-ring (bicyclic) bond motifs is 3. The maximum absolute atomic E-state index is 12.9. The van der Waals surface area contributed by atoms with Crippen molar-refractivity contribution in [3.05, 3.63) is 30.7 Å². The molecule has 0 N–H and O–H groups in total. The first-order chi connectivity index (χ1) is 13.4. The number of rotatable bonds is 3. The van der Waals surface area contributed by atoms with Gasteiger partial charge < -0.3 is 0 Å². The van der Waals surface area contributed by atoms with E-state index in [1.165, 1.54) is 21.4 Å². The monoisotopic (exact) mass is 401 g/mol. The van der Waals surface area contributed by atoms with Crippen molar-refractivity contribution in [1.82, 2.24) is 43.4 Å². The molecule has 1 saturated heterocycles. The Morgan fingerprint density at radius 3 is 2.79 bits per heavy atom. The van der Waals surface area contributed by atoms with E-state index in [0.29, 0.717) is 24.6 Å². The van der Waals surface area contributed by atoms with Gasteiger partial charge in [0.25, 0.3) is 0 Å². The minimum Gasteiger partial charge on any atom is -0.274 e. The number of hydrogen-bond acceptors (Lipinski definition) is 7. The van der Waals surface area contributed by atoms with Gasteiger partial charge in [-0.25, -0.2) is 22.9 Å². The number of hydrogen-bond donors (Lipinski definition) is 0. The molecule has 1 atom stereocenters. The smallest absolute Gasteiger partial charge is 0.246 e. The lowest BCUT2D eigenvalue weighted by Gasteiger charge is -2.30. The van der Waals surface area contributed by atoms with Crippen molar-refractivity contribution >= 4 is 26.7 Å². The Balaban J connectivity index is 1.49. The van der Waals surface area contributed by atoms with Crippen molar-refractivity contribution in [2.75, 3.05) is 13.1 Å². The van der Waals surface area contributed by atoms with Gasteiger partial charge in [0.15, 0.2) is 17.1 Å². The average molecular weight is 401 g/mol. The predicted octanol–water partition coefficient (Wildman–Crippen LogP) is 0.313. The molecule has 0 radical (unpaired) electrons. The zero-order valence-corrected chi connectivity index (χ0v) is 16.3. The quantitative estimate of drug-likeness (QED) is 0.485. The number of aryl methyl sites for hydroxylation is 2. The maximum Gasteiger partial charge on any atom is 0.246 e. The molecule has 0 spiro atoms. The van der Waals surface area contributed by atoms with E-state index < -0.39 is 10.0 Å². The number of piperidine rings is 1. The van der Waals surface area contributed by atoms with Crippen molar-refractivity contribution in [2.24, 2.45) is 14.1 Å². The third-order valence-electron chi connectivity index (χ3n) is 5.15. The second-order valence-electron chi connectivity index (χ2n) is 7.04. The summed E-state index contributed by atoms with van der Waals surface area (Å²) in [7, 11) is -0.0565. The highest BCUT2D eigenvalue weighted by atomic mass is 32.2. The van der Waals surface area contributed by atoms with Crippen LogP contribution in [0.3, 0.4) is 0 Å². The van der Waals surface area contributed by atoms with Crippen LogP contribution in [-0.2, 0) is 24.1 Å². The molecule has 4 aromatic rings. The third kappa shape index (κ3) is 2.59. The zero-order chi connectivity index (χ0) is 19.5. The molecule has 146 valence electrons. The van der Waals surface area contributed by atoms with Crippen LogP contribution in [0, 0.1) is 0 Å². The van der Waals surface area contributed by atoms with Gasteiger partial charge in [-0.2, -0.15) is 14.5 Å². The first-order valence-electron chi connectivity index (χ1n) is 8.95. The summed E-state index contributed by atoms with van der Waals surface area (Å²) in [5.41, 5.74) is 1.41. The molecule has 12 heteroatoms. The van der Waals surface area contributed by atoms with E-state index in [0.717, 1.165) is 23.9 Å². The molecular formula is C16H19N9O2S. The highest BCUT2D eigenvalue weighted by molar-refractivity contribution is 7.89. The molecule has 0 saturated carbocycles. The number of sulfonamides is 1. The molecule has 4 aromatic heterocycles. The Kier molecular flexibility index (Phi) is 3.74. The van der Waals surface area contributed by atoms with Crippen molar-refractivity contribution in [1.29, 1.82) is 0 Å². The van der Waals surface area contributed by atoms with E-state index in [1.54, 1.807) is 28.8 Å². The molecule has 1 aliphatic heterocycles. The highest BCUT2D eigenvalue weighted by Crippen LogP contribution is 2.29. The Morgan fingerprint density at radius 2 is 2.00 bits per heavy atom. The average Bonchev–Trinajstić information content (AvgIpc) is 3.40. The van der Waals surface area contributed by atoms with E-state index in [4.69, 9.17) is 4.98 Å². The van der Waals surface area contributed by atoms with E-state index in [2.05, 4.69) is 20.3 Å². The molecule has 5 heterocycles. The van der Waals surface area contributed by atoms with Gasteiger partial charge in [-0.3, -0.25) is 9.36 Å². The standard InChI is InChI=1S/C16H19N9O2S/c1-22-9-12(6-18-22)28(26,27)24-5-3-4-11(8-24)14-20-16-13-7-19-23(2)15(13)17-10-25(16)21-14/h6-7,9-11H,3-5,8H2,1-2H3/t11-/m0/s1. The van der Waals surface area contributed by atoms with Gasteiger partial charge in [0, 0.05) is 39.3 Å². The first-order valence-corrected chi connectivity index (χ1v) is 10.4. The molecule has 0 unspecified atom stereocenters. The molecule has 11 nitrogen and oxygen atoms in total. The summed E-state index contributed by atoms with van der Waals surface area (Å²) in [5, 5.41) is 13.6. The van der Waals surface area contributed by atoms with Gasteiger partial charge in [0.1, 0.15) is 11.2 Å². The molecule has 28 heavy (non-hydrogen) atoms. The molecule has 0 bridgehead atoms. The van der Waals surface area contributed by atoms with Crippen LogP contribution in [0.25, 0.3) is 16.7 Å². The van der Waals surface area contributed by atoms with Crippen LogP contribution in [-0.4, -0.2) is 65.0 Å². The molecule has 1 aliphatic rings. The summed E-state index contributed by atoms with van der Waals surface area (Å²) in [6, 6.07) is 0. The normalized spacial score (nSPS) is 19.0. The highest BCUT2D eigenvalue weighted by Gasteiger charge is 2.33. The third-order valence-corrected chi connectivity index (χ3v) is 6.97. The zero-order valence-electron chi connectivity index (χ0n) is 15.5. The summed E-state index contributed by atoms with van der Waals surface area (Å²) in [4.78, 5) is 9.27. The summed E-state index contributed by atoms with van der Waals surface area (Å²) < 4.78 is 32.2. The summed E-state index contributed by atoms with van der Waals surface area (Å²) >= 11 is 0. The van der Waals surface area contributed by atoms with Crippen LogP contribution < -0.4 is 0 Å². The lowest BCUT2D eigenvalue weighted by molar-refractivity contribution is 0.309. The Labute approximate surface area is 160 Å². The minimum absolute atomic E-state index is 0.0770. The number of aromatic nitrogens is 8. The topological polar surface area (TPSA) is 116 Å². The van der Waals surface area contributed by atoms with Crippen molar-refractivity contribution in [2.45, 2.75) is 23.7 Å². The lowest BCUT2D eigenvalue weighted by atomic mass is 9.99. The number of nitrogens with zero attached hydrogens (tertiary/aromatic N) is 9.